The molecule has 2 N–H and O–H groups in total. The summed E-state index contributed by atoms with van der Waals surface area (Å²) in [7, 11) is 0. The summed E-state index contributed by atoms with van der Waals surface area (Å²) < 4.78 is 31.7. The summed E-state index contributed by atoms with van der Waals surface area (Å²) in [6, 6.07) is 3.66. The van der Waals surface area contributed by atoms with E-state index in [-0.39, 0.29) is 0 Å². The number of ether oxygens (including phenoxy) is 1. The minimum absolute atomic E-state index is 0.433. The van der Waals surface area contributed by atoms with Crippen LogP contribution in [0.4, 0.5) is 8.78 Å². The van der Waals surface area contributed by atoms with Gasteiger partial charge < -0.3 is 10.5 Å². The van der Waals surface area contributed by atoms with Crippen molar-refractivity contribution in [3.8, 4) is 0 Å². The summed E-state index contributed by atoms with van der Waals surface area (Å²) >= 11 is 0. The van der Waals surface area contributed by atoms with E-state index < -0.39 is 17.2 Å². The molecule has 1 aliphatic heterocycles. The van der Waals surface area contributed by atoms with Gasteiger partial charge in [0, 0.05) is 24.8 Å². The lowest BCUT2D eigenvalue weighted by atomic mass is 9.85. The Kier molecular flexibility index (Phi) is 3.74. The Morgan fingerprint density at radius 2 is 2.06 bits per heavy atom. The van der Waals surface area contributed by atoms with E-state index in [1.54, 1.807) is 0 Å². The van der Waals surface area contributed by atoms with Crippen LogP contribution in [0.25, 0.3) is 0 Å². The largest absolute Gasteiger partial charge is 0.381 e. The van der Waals surface area contributed by atoms with Crippen LogP contribution in [0, 0.1) is 11.6 Å². The molecule has 94 valence electrons. The molecular weight excluding hydrogens is 224 g/mol. The molecule has 1 fully saturated rings. The van der Waals surface area contributed by atoms with Crippen molar-refractivity contribution in [3.05, 3.63) is 35.4 Å². The van der Waals surface area contributed by atoms with Crippen molar-refractivity contribution in [1.82, 2.24) is 0 Å². The summed E-state index contributed by atoms with van der Waals surface area (Å²) in [5, 5.41) is 0. The summed E-state index contributed by atoms with van der Waals surface area (Å²) in [5.41, 5.74) is 6.30. The minimum Gasteiger partial charge on any atom is -0.381 e. The first-order valence-corrected chi connectivity index (χ1v) is 5.90. The molecule has 0 bridgehead atoms. The highest BCUT2D eigenvalue weighted by atomic mass is 19.1. The fourth-order valence-electron chi connectivity index (χ4n) is 2.25. The number of halogens is 2. The first kappa shape index (κ1) is 12.5. The van der Waals surface area contributed by atoms with E-state index in [0.717, 1.165) is 18.9 Å². The number of benzene rings is 1. The summed E-state index contributed by atoms with van der Waals surface area (Å²) in [6.07, 6.45) is 2.84. The molecule has 0 saturated carbocycles. The molecule has 1 saturated heterocycles. The molecule has 1 aromatic rings. The van der Waals surface area contributed by atoms with Crippen molar-refractivity contribution < 1.29 is 13.5 Å². The minimum atomic E-state index is -0.554. The van der Waals surface area contributed by atoms with Crippen LogP contribution >= 0.6 is 0 Å². The molecule has 2 rings (SSSR count). The van der Waals surface area contributed by atoms with Gasteiger partial charge in [0.15, 0.2) is 0 Å². The molecule has 17 heavy (non-hydrogen) atoms. The molecule has 2 nitrogen and oxygen atoms in total. The molecule has 0 spiro atoms. The van der Waals surface area contributed by atoms with Gasteiger partial charge >= 0.3 is 0 Å². The van der Waals surface area contributed by atoms with Gasteiger partial charge in [-0.2, -0.15) is 0 Å². The van der Waals surface area contributed by atoms with Gasteiger partial charge in [-0.3, -0.25) is 0 Å². The second-order valence-electron chi connectivity index (χ2n) is 4.74. The maximum atomic E-state index is 13.6. The normalized spacial score (nSPS) is 25.6. The second-order valence-corrected chi connectivity index (χ2v) is 4.74. The van der Waals surface area contributed by atoms with Crippen LogP contribution in [0.3, 0.4) is 0 Å². The van der Waals surface area contributed by atoms with Crippen molar-refractivity contribution in [1.29, 1.82) is 0 Å². The van der Waals surface area contributed by atoms with Crippen LogP contribution in [-0.4, -0.2) is 18.8 Å². The molecule has 1 atom stereocenters. The first-order chi connectivity index (χ1) is 8.09. The monoisotopic (exact) mass is 241 g/mol. The van der Waals surface area contributed by atoms with Crippen LogP contribution in [0.2, 0.25) is 0 Å². The van der Waals surface area contributed by atoms with Crippen molar-refractivity contribution >= 4 is 0 Å². The lowest BCUT2D eigenvalue weighted by molar-refractivity contribution is 0.139. The summed E-state index contributed by atoms with van der Waals surface area (Å²) in [5.74, 6) is -1.07. The Labute approximate surface area is 99.8 Å². The topological polar surface area (TPSA) is 35.2 Å². The highest BCUT2D eigenvalue weighted by Crippen LogP contribution is 2.24. The number of hydrogen-bond acceptors (Lipinski definition) is 2. The van der Waals surface area contributed by atoms with Gasteiger partial charge in [-0.25, -0.2) is 8.78 Å². The summed E-state index contributed by atoms with van der Waals surface area (Å²) in [6.45, 7) is 1.32. The van der Waals surface area contributed by atoms with Gasteiger partial charge in [0.1, 0.15) is 11.6 Å². The van der Waals surface area contributed by atoms with Crippen molar-refractivity contribution in [2.75, 3.05) is 13.2 Å². The molecule has 0 radical (unpaired) electrons. The molecule has 1 heterocycles. The lowest BCUT2D eigenvalue weighted by Crippen LogP contribution is -2.42. The van der Waals surface area contributed by atoms with E-state index in [2.05, 4.69) is 0 Å². The van der Waals surface area contributed by atoms with E-state index in [1.165, 1.54) is 12.1 Å². The second kappa shape index (κ2) is 5.10. The lowest BCUT2D eigenvalue weighted by Gasteiger charge is -2.27. The van der Waals surface area contributed by atoms with Gasteiger partial charge in [-0.1, -0.05) is 6.07 Å². The van der Waals surface area contributed by atoms with Crippen molar-refractivity contribution in [2.45, 2.75) is 31.2 Å². The Morgan fingerprint density at radius 3 is 2.82 bits per heavy atom. The number of hydrogen-bond donors (Lipinski definition) is 1. The van der Waals surface area contributed by atoms with E-state index in [1.807, 2.05) is 0 Å². The van der Waals surface area contributed by atoms with Crippen LogP contribution in [0.1, 0.15) is 24.8 Å². The number of rotatable bonds is 2. The van der Waals surface area contributed by atoms with Gasteiger partial charge in [0.05, 0.1) is 0 Å². The third-order valence-corrected chi connectivity index (χ3v) is 3.27. The predicted octanol–water partition coefficient (Wildman–Crippen LogP) is 2.41. The van der Waals surface area contributed by atoms with E-state index in [9.17, 15) is 8.78 Å². The predicted molar refractivity (Wildman–Crippen MR) is 61.7 cm³/mol. The maximum Gasteiger partial charge on any atom is 0.129 e. The van der Waals surface area contributed by atoms with E-state index >= 15 is 0 Å². The van der Waals surface area contributed by atoms with Gasteiger partial charge in [-0.05, 0) is 37.3 Å². The quantitative estimate of drug-likeness (QED) is 0.863. The Balaban J connectivity index is 2.12. The fourth-order valence-corrected chi connectivity index (χ4v) is 2.25. The van der Waals surface area contributed by atoms with Crippen molar-refractivity contribution in [2.24, 2.45) is 5.73 Å². The first-order valence-electron chi connectivity index (χ1n) is 5.90. The zero-order chi connectivity index (χ0) is 12.3. The SMILES string of the molecule is NC1(Cc2ccc(F)cc2F)CCCOCC1. The standard InChI is InChI=1S/C13H17F2NO/c14-11-3-2-10(12(15)8-11)9-13(16)4-1-6-17-7-5-13/h2-3,8H,1,4-7,9,16H2. The zero-order valence-electron chi connectivity index (χ0n) is 9.72. The van der Waals surface area contributed by atoms with Crippen LogP contribution in [-0.2, 0) is 11.2 Å². The zero-order valence-corrected chi connectivity index (χ0v) is 9.72. The third kappa shape index (κ3) is 3.23. The van der Waals surface area contributed by atoms with Crippen molar-refractivity contribution in [3.63, 3.8) is 0 Å². The highest BCUT2D eigenvalue weighted by molar-refractivity contribution is 5.21. The average Bonchev–Trinajstić information content (AvgIpc) is 2.48. The van der Waals surface area contributed by atoms with Gasteiger partial charge in [0.2, 0.25) is 0 Å². The number of nitrogens with two attached hydrogens (primary N) is 1. The van der Waals surface area contributed by atoms with Gasteiger partial charge in [-0.15, -0.1) is 0 Å². The molecule has 0 aromatic heterocycles. The maximum absolute atomic E-state index is 13.6. The molecule has 0 aliphatic carbocycles. The average molecular weight is 241 g/mol. The van der Waals surface area contributed by atoms with E-state index in [4.69, 9.17) is 10.5 Å². The molecular formula is C13H17F2NO. The molecule has 4 heteroatoms. The molecule has 1 aromatic carbocycles. The third-order valence-electron chi connectivity index (χ3n) is 3.27. The van der Waals surface area contributed by atoms with Crippen LogP contribution < -0.4 is 5.73 Å². The molecule has 0 amide bonds. The van der Waals surface area contributed by atoms with Gasteiger partial charge in [0.25, 0.3) is 0 Å². The summed E-state index contributed by atoms with van der Waals surface area (Å²) in [4.78, 5) is 0. The van der Waals surface area contributed by atoms with E-state index in [0.29, 0.717) is 31.6 Å². The molecule has 1 unspecified atom stereocenters. The Bertz CT molecular complexity index is 387. The fraction of sp³-hybridized carbons (Fsp3) is 0.538. The van der Waals surface area contributed by atoms with Crippen LogP contribution in [0.15, 0.2) is 18.2 Å². The highest BCUT2D eigenvalue weighted by Gasteiger charge is 2.27. The van der Waals surface area contributed by atoms with Crippen LogP contribution in [0.5, 0.6) is 0 Å². The Morgan fingerprint density at radius 1 is 1.24 bits per heavy atom. The molecule has 1 aliphatic rings. The Hall–Kier alpha value is -1.00. The smallest absolute Gasteiger partial charge is 0.129 e.